The summed E-state index contributed by atoms with van der Waals surface area (Å²) in [4.78, 5) is 0. The van der Waals surface area contributed by atoms with Gasteiger partial charge in [-0.2, -0.15) is 0 Å². The number of halogens is 7. The van der Waals surface area contributed by atoms with Crippen LogP contribution in [-0.2, 0) is 9.47 Å². The van der Waals surface area contributed by atoms with Gasteiger partial charge in [-0.15, -0.1) is 0 Å². The highest BCUT2D eigenvalue weighted by atomic mass is 79.9. The van der Waals surface area contributed by atoms with Gasteiger partial charge in [0.1, 0.15) is 17.6 Å². The molecule has 4 nitrogen and oxygen atoms in total. The smallest absolute Gasteiger partial charge is 0.188 e. The number of alkyl halides is 1. The first-order valence-electron chi connectivity index (χ1n) is 6.82. The van der Waals surface area contributed by atoms with Crippen molar-refractivity contribution in [2.45, 2.75) is 0 Å². The predicted molar refractivity (Wildman–Crippen MR) is 110 cm³/mol. The maximum Gasteiger partial charge on any atom is 0.188 e. The third-order valence-corrected chi connectivity index (χ3v) is 4.30. The molecule has 0 saturated heterocycles. The third kappa shape index (κ3) is 10.7. The van der Waals surface area contributed by atoms with Crippen LogP contribution in [0.1, 0.15) is 0 Å². The fourth-order valence-corrected chi connectivity index (χ4v) is 2.82. The number of aromatic hydroxyl groups is 1. The zero-order chi connectivity index (χ0) is 21.0. The first kappa shape index (κ1) is 26.6. The third-order valence-electron chi connectivity index (χ3n) is 2.38. The van der Waals surface area contributed by atoms with E-state index in [1.165, 1.54) is 25.3 Å². The van der Waals surface area contributed by atoms with Crippen LogP contribution in [0.4, 0.5) is 8.78 Å². The Kier molecular flexibility index (Phi) is 14.4. The molecule has 0 aliphatic rings. The largest absolute Gasteiger partial charge is 0.508 e. The Bertz CT molecular complexity index is 676. The number of benzene rings is 2. The maximum absolute atomic E-state index is 13.0. The summed E-state index contributed by atoms with van der Waals surface area (Å²) in [5.41, 5.74) is 0. The Morgan fingerprint density at radius 1 is 0.926 bits per heavy atom. The van der Waals surface area contributed by atoms with Crippen molar-refractivity contribution in [2.24, 2.45) is 0 Å². The molecule has 0 radical (unpaired) electrons. The number of phenolic OH excluding ortho intramolecular Hbond substituents is 1. The van der Waals surface area contributed by atoms with Crippen molar-refractivity contribution in [3.05, 3.63) is 54.9 Å². The molecule has 27 heavy (non-hydrogen) atoms. The quantitative estimate of drug-likeness (QED) is 0.242. The molecule has 1 N–H and O–H groups in total. The number of phenols is 1. The number of hydrogen-bond acceptors (Lipinski definition) is 4. The average molecular weight is 575 g/mol. The maximum atomic E-state index is 13.0. The number of methoxy groups -OCH3 is 2. The second-order valence-corrected chi connectivity index (χ2v) is 7.11. The lowest BCUT2D eigenvalue weighted by atomic mass is 10.3. The van der Waals surface area contributed by atoms with E-state index in [4.69, 9.17) is 44.6 Å². The summed E-state index contributed by atoms with van der Waals surface area (Å²) in [5.74, 6) is -0.649. The first-order valence-corrected chi connectivity index (χ1v) is 9.70. The van der Waals surface area contributed by atoms with E-state index < -0.39 is 11.6 Å². The fourth-order valence-electron chi connectivity index (χ4n) is 1.28. The molecular weight excluding hydrogens is 560 g/mol. The van der Waals surface area contributed by atoms with Gasteiger partial charge < -0.3 is 19.3 Å². The number of rotatable bonds is 4. The van der Waals surface area contributed by atoms with Crippen molar-refractivity contribution in [3.63, 3.8) is 0 Å². The van der Waals surface area contributed by atoms with Gasteiger partial charge in [-0.05, 0) is 44.0 Å². The molecule has 0 aliphatic carbocycles. The minimum absolute atomic E-state index is 0.0143. The first-order chi connectivity index (χ1) is 12.7. The standard InChI is InChI=1S/C8H7BrClFO2.C6H3BrClFO.C2H5ClO/c1-12-4-13-5-2-6(9)8(11)7(10)3-5;7-4-1-3(10)2-5(8)6(4)9;1-4-2-3/h2-3H,4H2,1H3;1-2,10H;2H2,1H3. The van der Waals surface area contributed by atoms with Gasteiger partial charge in [0, 0.05) is 26.4 Å². The van der Waals surface area contributed by atoms with Crippen molar-refractivity contribution in [1.82, 2.24) is 0 Å². The lowest BCUT2D eigenvalue weighted by Gasteiger charge is -2.06. The van der Waals surface area contributed by atoms with Crippen LogP contribution in [0, 0.1) is 11.6 Å². The summed E-state index contributed by atoms with van der Waals surface area (Å²) in [6.07, 6.45) is 0. The van der Waals surface area contributed by atoms with Crippen molar-refractivity contribution in [1.29, 1.82) is 0 Å². The Labute approximate surface area is 187 Å². The molecule has 0 atom stereocenters. The monoisotopic (exact) mass is 572 g/mol. The minimum Gasteiger partial charge on any atom is -0.508 e. The van der Waals surface area contributed by atoms with E-state index in [2.05, 4.69) is 41.3 Å². The summed E-state index contributed by atoms with van der Waals surface area (Å²) < 4.78 is 40.1. The van der Waals surface area contributed by atoms with Crippen LogP contribution in [0.5, 0.6) is 11.5 Å². The molecule has 0 spiro atoms. The van der Waals surface area contributed by atoms with Gasteiger partial charge in [0.15, 0.2) is 18.4 Å². The average Bonchev–Trinajstić information content (AvgIpc) is 2.63. The van der Waals surface area contributed by atoms with Crippen molar-refractivity contribution in [3.8, 4) is 11.5 Å². The molecule has 0 bridgehead atoms. The molecule has 2 aromatic carbocycles. The number of hydrogen-bond donors (Lipinski definition) is 1. The van der Waals surface area contributed by atoms with Gasteiger partial charge in [-0.3, -0.25) is 0 Å². The van der Waals surface area contributed by atoms with Crippen LogP contribution >= 0.6 is 66.7 Å². The molecular formula is C16H15Br2Cl3F2O4. The van der Waals surface area contributed by atoms with Gasteiger partial charge in [-0.1, -0.05) is 34.8 Å². The molecule has 152 valence electrons. The second kappa shape index (κ2) is 14.6. The molecule has 0 aliphatic heterocycles. The van der Waals surface area contributed by atoms with Gasteiger partial charge in [0.25, 0.3) is 0 Å². The molecule has 2 aromatic rings. The Balaban J connectivity index is 0.000000428. The van der Waals surface area contributed by atoms with Crippen LogP contribution in [0.2, 0.25) is 10.0 Å². The fraction of sp³-hybridized carbons (Fsp3) is 0.250. The normalized spacial score (nSPS) is 9.67. The van der Waals surface area contributed by atoms with Gasteiger partial charge >= 0.3 is 0 Å². The minimum atomic E-state index is -0.556. The molecule has 0 heterocycles. The molecule has 0 saturated carbocycles. The highest BCUT2D eigenvalue weighted by Gasteiger charge is 2.07. The molecule has 0 amide bonds. The van der Waals surface area contributed by atoms with Gasteiger partial charge in [0.05, 0.1) is 19.0 Å². The van der Waals surface area contributed by atoms with Crippen molar-refractivity contribution < 1.29 is 28.1 Å². The highest BCUT2D eigenvalue weighted by Crippen LogP contribution is 2.29. The summed E-state index contributed by atoms with van der Waals surface area (Å²) in [5, 5.41) is 8.76. The van der Waals surface area contributed by atoms with E-state index in [1.54, 1.807) is 7.11 Å². The van der Waals surface area contributed by atoms with E-state index in [9.17, 15) is 8.78 Å². The van der Waals surface area contributed by atoms with Gasteiger partial charge in [-0.25, -0.2) is 8.78 Å². The SMILES string of the molecule is COCCl.COCOc1cc(Cl)c(F)c(Br)c1.Oc1cc(Cl)c(F)c(Br)c1. The molecule has 0 fully saturated rings. The summed E-state index contributed by atoms with van der Waals surface area (Å²) in [6, 6.07) is 5.55. The summed E-state index contributed by atoms with van der Waals surface area (Å²) >= 11 is 21.8. The number of ether oxygens (including phenoxy) is 3. The zero-order valence-corrected chi connectivity index (χ0v) is 19.5. The molecule has 0 unspecified atom stereocenters. The topological polar surface area (TPSA) is 47.9 Å². The van der Waals surface area contributed by atoms with E-state index in [-0.39, 0.29) is 31.5 Å². The highest BCUT2D eigenvalue weighted by molar-refractivity contribution is 9.10. The lowest BCUT2D eigenvalue weighted by molar-refractivity contribution is 0.0510. The summed E-state index contributed by atoms with van der Waals surface area (Å²) in [7, 11) is 3.05. The second-order valence-electron chi connectivity index (χ2n) is 4.37. The van der Waals surface area contributed by atoms with Crippen LogP contribution in [0.25, 0.3) is 0 Å². The van der Waals surface area contributed by atoms with E-state index in [1.807, 2.05) is 0 Å². The Morgan fingerprint density at radius 3 is 1.81 bits per heavy atom. The van der Waals surface area contributed by atoms with Crippen LogP contribution in [-0.4, -0.2) is 32.2 Å². The van der Waals surface area contributed by atoms with Crippen molar-refractivity contribution >= 4 is 66.7 Å². The van der Waals surface area contributed by atoms with Crippen LogP contribution < -0.4 is 4.74 Å². The van der Waals surface area contributed by atoms with Crippen LogP contribution in [0.3, 0.4) is 0 Å². The van der Waals surface area contributed by atoms with E-state index >= 15 is 0 Å². The molecule has 2 rings (SSSR count). The predicted octanol–water partition coefficient (Wildman–Crippen LogP) is 7.00. The van der Waals surface area contributed by atoms with Gasteiger partial charge in [0.2, 0.25) is 0 Å². The zero-order valence-electron chi connectivity index (χ0n) is 14.0. The van der Waals surface area contributed by atoms with Crippen molar-refractivity contribution in [2.75, 3.05) is 27.1 Å². The lowest BCUT2D eigenvalue weighted by Crippen LogP contribution is -1.99. The Hall–Kier alpha value is -0.350. The Morgan fingerprint density at radius 2 is 1.41 bits per heavy atom. The van der Waals surface area contributed by atoms with E-state index in [0.717, 1.165) is 6.07 Å². The van der Waals surface area contributed by atoms with E-state index in [0.29, 0.717) is 11.8 Å². The molecule has 0 aromatic heterocycles. The molecule has 11 heteroatoms. The summed E-state index contributed by atoms with van der Waals surface area (Å²) in [6.45, 7) is 0.106. The van der Waals surface area contributed by atoms with Crippen LogP contribution in [0.15, 0.2) is 33.2 Å².